The average Bonchev–Trinajstić information content (AvgIpc) is 3.90. The summed E-state index contributed by atoms with van der Waals surface area (Å²) in [7, 11) is 1.53. The van der Waals surface area contributed by atoms with Crippen molar-refractivity contribution in [1.29, 1.82) is 0 Å². The number of anilines is 1. The largest absolute Gasteiger partial charge is 0.468 e. The molecule has 4 fully saturated rings. The summed E-state index contributed by atoms with van der Waals surface area (Å²) in [6.07, 6.45) is 5.71. The summed E-state index contributed by atoms with van der Waals surface area (Å²) in [5, 5.41) is 2.73. The third-order valence-electron chi connectivity index (χ3n) is 11.4. The highest BCUT2D eigenvalue weighted by Crippen LogP contribution is 2.43. The zero-order valence-electron chi connectivity index (χ0n) is 30.9. The van der Waals surface area contributed by atoms with E-state index in [9.17, 15) is 9.18 Å². The monoisotopic (exact) mass is 742 g/mol. The summed E-state index contributed by atoms with van der Waals surface area (Å²) in [5.74, 6) is 0.288. The number of benzene rings is 2. The molecule has 4 aliphatic rings. The number of ether oxygens (including phenoxy) is 4. The summed E-state index contributed by atoms with van der Waals surface area (Å²) in [5.41, 5.74) is 0.0834. The van der Waals surface area contributed by atoms with Crippen LogP contribution >= 0.6 is 0 Å². The Morgan fingerprint density at radius 2 is 1.85 bits per heavy atom. The van der Waals surface area contributed by atoms with Gasteiger partial charge in [0.15, 0.2) is 12.6 Å². The van der Waals surface area contributed by atoms with E-state index in [2.05, 4.69) is 9.80 Å². The SMILES string of the molecule is COCOc1cc(-c2ncc3c(N4C[C@H]5CC[C@@H](C4)N5C(=O)OC(C)(C)C)nc(OC[C@@]45CCCN4C[C@H](F)C5)nc3c2F)c2c(ccc3ccoc32)c1. The lowest BCUT2D eigenvalue weighted by atomic mass is 9.95. The normalized spacial score (nSPS) is 24.2. The quantitative estimate of drug-likeness (QED) is 0.150. The number of carbonyl (C=O) groups excluding carboxylic acids is 1. The first-order valence-electron chi connectivity index (χ1n) is 18.7. The fraction of sp³-hybridized carbons (Fsp3) is 0.500. The van der Waals surface area contributed by atoms with Crippen molar-refractivity contribution in [2.45, 2.75) is 82.3 Å². The second kappa shape index (κ2) is 13.2. The van der Waals surface area contributed by atoms with Gasteiger partial charge in [-0.15, -0.1) is 0 Å². The Balaban J connectivity index is 1.15. The number of carbonyl (C=O) groups is 1. The van der Waals surface area contributed by atoms with Gasteiger partial charge in [0.1, 0.15) is 46.7 Å². The number of methoxy groups -OCH3 is 1. The minimum Gasteiger partial charge on any atom is -0.468 e. The molecule has 5 aromatic rings. The summed E-state index contributed by atoms with van der Waals surface area (Å²) in [6, 6.07) is 9.09. The third-order valence-corrected chi connectivity index (χ3v) is 11.4. The Labute approximate surface area is 311 Å². The van der Waals surface area contributed by atoms with Crippen molar-refractivity contribution in [2.24, 2.45) is 0 Å². The number of piperazine rings is 1. The fourth-order valence-corrected chi connectivity index (χ4v) is 9.10. The van der Waals surface area contributed by atoms with E-state index in [-0.39, 0.29) is 48.8 Å². The molecule has 1 amide bonds. The van der Waals surface area contributed by atoms with Gasteiger partial charge in [-0.25, -0.2) is 13.6 Å². The molecule has 0 N–H and O–H groups in total. The van der Waals surface area contributed by atoms with E-state index in [1.807, 2.05) is 49.9 Å². The van der Waals surface area contributed by atoms with Gasteiger partial charge in [-0.3, -0.25) is 14.8 Å². The number of pyridine rings is 1. The third kappa shape index (κ3) is 6.03. The van der Waals surface area contributed by atoms with Gasteiger partial charge >= 0.3 is 12.1 Å². The molecule has 4 atom stereocenters. The number of aromatic nitrogens is 3. The van der Waals surface area contributed by atoms with Crippen LogP contribution < -0.4 is 14.4 Å². The second-order valence-electron chi connectivity index (χ2n) is 16.1. The molecule has 4 aliphatic heterocycles. The predicted molar refractivity (Wildman–Crippen MR) is 198 cm³/mol. The number of fused-ring (bicyclic) bond motifs is 7. The lowest BCUT2D eigenvalue weighted by Crippen LogP contribution is -2.57. The van der Waals surface area contributed by atoms with E-state index in [0.29, 0.717) is 59.5 Å². The van der Waals surface area contributed by atoms with Crippen molar-refractivity contribution in [3.8, 4) is 23.0 Å². The zero-order chi connectivity index (χ0) is 37.4. The molecule has 2 aromatic carbocycles. The van der Waals surface area contributed by atoms with Gasteiger partial charge < -0.3 is 28.3 Å². The first kappa shape index (κ1) is 34.9. The number of amides is 1. The molecule has 7 heterocycles. The number of alkyl halides is 1. The maximum Gasteiger partial charge on any atom is 0.410 e. The summed E-state index contributed by atoms with van der Waals surface area (Å²) in [6.45, 7) is 7.90. The van der Waals surface area contributed by atoms with Gasteiger partial charge in [-0.05, 0) is 76.6 Å². The van der Waals surface area contributed by atoms with Crippen molar-refractivity contribution < 1.29 is 36.9 Å². The van der Waals surface area contributed by atoms with Crippen LogP contribution in [-0.4, -0.2) is 107 Å². The predicted octanol–water partition coefficient (Wildman–Crippen LogP) is 7.26. The molecule has 0 unspecified atom stereocenters. The summed E-state index contributed by atoms with van der Waals surface area (Å²) < 4.78 is 61.1. The van der Waals surface area contributed by atoms with Crippen LogP contribution in [0.1, 0.15) is 52.9 Å². The molecular formula is C40H44F2N6O6. The highest BCUT2D eigenvalue weighted by Gasteiger charge is 2.50. The molecule has 2 bridgehead atoms. The second-order valence-corrected chi connectivity index (χ2v) is 16.1. The van der Waals surface area contributed by atoms with Crippen LogP contribution in [-0.2, 0) is 9.47 Å². The van der Waals surface area contributed by atoms with E-state index in [1.54, 1.807) is 18.5 Å². The lowest BCUT2D eigenvalue weighted by molar-refractivity contribution is 0.0122. The number of hydrogen-bond acceptors (Lipinski definition) is 11. The van der Waals surface area contributed by atoms with Gasteiger partial charge in [0, 0.05) is 55.7 Å². The van der Waals surface area contributed by atoms with E-state index >= 15 is 4.39 Å². The van der Waals surface area contributed by atoms with E-state index in [4.69, 9.17) is 38.3 Å². The molecule has 3 aromatic heterocycles. The van der Waals surface area contributed by atoms with Crippen molar-refractivity contribution in [3.63, 3.8) is 0 Å². The summed E-state index contributed by atoms with van der Waals surface area (Å²) >= 11 is 0. The van der Waals surface area contributed by atoms with Crippen LogP contribution in [0, 0.1) is 5.82 Å². The maximum atomic E-state index is 17.4. The minimum absolute atomic E-state index is 0.00408. The molecule has 0 radical (unpaired) electrons. The molecule has 0 aliphatic carbocycles. The fourth-order valence-electron chi connectivity index (χ4n) is 9.10. The number of halogens is 2. The number of nitrogens with zero attached hydrogens (tertiary/aromatic N) is 6. The molecule has 284 valence electrons. The molecule has 9 rings (SSSR count). The standard InChI is InChI=1S/C40H44F2N6O6/c1-39(2,3)54-38(49)48-26-8-9-27(48)20-46(19-26)36-30-17-43-33(29-15-28(53-22-50-4)14-24-7-6-23-10-13-51-35(23)31(24)29)32(42)34(30)44-37(45-36)52-21-40-11-5-12-47(40)18-25(41)16-40/h6-7,10,13-15,17,25-27H,5,8-9,11-12,16,18-22H2,1-4H3/t25-,26-,27+,40+/m1/s1. The molecule has 0 spiro atoms. The molecule has 0 saturated carbocycles. The smallest absolute Gasteiger partial charge is 0.410 e. The van der Waals surface area contributed by atoms with Crippen molar-refractivity contribution >= 4 is 44.6 Å². The van der Waals surface area contributed by atoms with Crippen molar-refractivity contribution in [3.05, 3.63) is 48.6 Å². The van der Waals surface area contributed by atoms with Crippen LogP contribution in [0.25, 0.3) is 43.9 Å². The average molecular weight is 743 g/mol. The van der Waals surface area contributed by atoms with Gasteiger partial charge in [0.2, 0.25) is 0 Å². The molecule has 14 heteroatoms. The first-order valence-corrected chi connectivity index (χ1v) is 18.7. The van der Waals surface area contributed by atoms with Crippen molar-refractivity contribution in [1.82, 2.24) is 24.8 Å². The molecule has 4 saturated heterocycles. The van der Waals surface area contributed by atoms with Crippen LogP contribution in [0.3, 0.4) is 0 Å². The summed E-state index contributed by atoms with van der Waals surface area (Å²) in [4.78, 5) is 33.7. The molecular weight excluding hydrogens is 698 g/mol. The highest BCUT2D eigenvalue weighted by molar-refractivity contribution is 6.12. The Bertz CT molecular complexity index is 2250. The molecule has 54 heavy (non-hydrogen) atoms. The Kier molecular flexibility index (Phi) is 8.53. The Morgan fingerprint density at radius 3 is 2.63 bits per heavy atom. The first-order chi connectivity index (χ1) is 26.0. The Morgan fingerprint density at radius 1 is 1.06 bits per heavy atom. The van der Waals surface area contributed by atoms with E-state index in [1.165, 1.54) is 7.11 Å². The van der Waals surface area contributed by atoms with Crippen LogP contribution in [0.5, 0.6) is 11.8 Å². The molecule has 12 nitrogen and oxygen atoms in total. The minimum atomic E-state index is -0.927. The van der Waals surface area contributed by atoms with E-state index in [0.717, 1.165) is 43.0 Å². The highest BCUT2D eigenvalue weighted by atomic mass is 19.1. The van der Waals surface area contributed by atoms with Crippen LogP contribution in [0.2, 0.25) is 0 Å². The Hall–Kier alpha value is -4.82. The topological polar surface area (TPSA) is 116 Å². The zero-order valence-corrected chi connectivity index (χ0v) is 30.9. The van der Waals surface area contributed by atoms with Gasteiger partial charge in [-0.2, -0.15) is 9.97 Å². The maximum absolute atomic E-state index is 17.4. The van der Waals surface area contributed by atoms with Gasteiger partial charge in [0.05, 0.1) is 29.3 Å². The van der Waals surface area contributed by atoms with Crippen LogP contribution in [0.15, 0.2) is 47.2 Å². The van der Waals surface area contributed by atoms with Crippen molar-refractivity contribution in [2.75, 3.05) is 51.6 Å². The van der Waals surface area contributed by atoms with Crippen LogP contribution in [0.4, 0.5) is 19.4 Å². The number of rotatable bonds is 8. The van der Waals surface area contributed by atoms with E-state index < -0.39 is 23.1 Å². The van der Waals surface area contributed by atoms with Gasteiger partial charge in [0.25, 0.3) is 0 Å². The lowest BCUT2D eigenvalue weighted by Gasteiger charge is -2.42. The number of hydrogen-bond donors (Lipinski definition) is 0. The van der Waals surface area contributed by atoms with Gasteiger partial charge in [-0.1, -0.05) is 12.1 Å². The number of furan rings is 1.